The molecule has 1 N–H and O–H groups in total. The molecule has 3 rings (SSSR count). The SMILES string of the molecule is COCCn1c(C)cc(C(=O)CSc2n[nH]c(CCC3CCCC3)n2)c1C. The number of nitrogens with one attached hydrogen (secondary N) is 1. The molecular weight excluding hydrogens is 360 g/mol. The normalized spacial score (nSPS) is 14.9. The van der Waals surface area contributed by atoms with Gasteiger partial charge in [0.05, 0.1) is 12.4 Å². The molecule has 1 fully saturated rings. The smallest absolute Gasteiger partial charge is 0.208 e. The van der Waals surface area contributed by atoms with Gasteiger partial charge in [0, 0.05) is 37.0 Å². The predicted molar refractivity (Wildman–Crippen MR) is 107 cm³/mol. The van der Waals surface area contributed by atoms with Gasteiger partial charge in [0.1, 0.15) is 5.82 Å². The van der Waals surface area contributed by atoms with Crippen molar-refractivity contribution in [2.45, 2.75) is 64.1 Å². The molecule has 0 radical (unpaired) electrons. The zero-order valence-electron chi connectivity index (χ0n) is 16.6. The van der Waals surface area contributed by atoms with Crippen molar-refractivity contribution in [2.75, 3.05) is 19.5 Å². The van der Waals surface area contributed by atoms with Gasteiger partial charge in [-0.05, 0) is 32.3 Å². The number of rotatable bonds is 10. The third-order valence-corrected chi connectivity index (χ3v) is 6.35. The lowest BCUT2D eigenvalue weighted by Crippen LogP contribution is -2.09. The minimum Gasteiger partial charge on any atom is -0.383 e. The molecular formula is C20H30N4O2S. The van der Waals surface area contributed by atoms with Crippen LogP contribution in [-0.2, 0) is 17.7 Å². The van der Waals surface area contributed by atoms with Crippen LogP contribution >= 0.6 is 11.8 Å². The number of aryl methyl sites for hydroxylation is 2. The second-order valence-electron chi connectivity index (χ2n) is 7.39. The Kier molecular flexibility index (Phi) is 7.13. The molecule has 7 heteroatoms. The number of ether oxygens (including phenoxy) is 1. The van der Waals surface area contributed by atoms with Gasteiger partial charge in [0.15, 0.2) is 5.78 Å². The third kappa shape index (κ3) is 5.23. The molecule has 1 aliphatic rings. The van der Waals surface area contributed by atoms with Crippen LogP contribution in [0.15, 0.2) is 11.2 Å². The average Bonchev–Trinajstić information content (AvgIpc) is 3.38. The first kappa shape index (κ1) is 20.1. The van der Waals surface area contributed by atoms with Gasteiger partial charge in [-0.25, -0.2) is 4.98 Å². The monoisotopic (exact) mass is 390 g/mol. The molecule has 2 aromatic rings. The average molecular weight is 391 g/mol. The van der Waals surface area contributed by atoms with E-state index in [0.29, 0.717) is 17.5 Å². The van der Waals surface area contributed by atoms with Crippen LogP contribution in [-0.4, -0.2) is 45.0 Å². The number of aromatic nitrogens is 4. The highest BCUT2D eigenvalue weighted by atomic mass is 32.2. The Labute approximate surface area is 165 Å². The lowest BCUT2D eigenvalue weighted by atomic mass is 10.0. The van der Waals surface area contributed by atoms with Crippen molar-refractivity contribution >= 4 is 17.5 Å². The summed E-state index contributed by atoms with van der Waals surface area (Å²) in [6, 6.07) is 1.97. The Morgan fingerprint density at radius 1 is 1.37 bits per heavy atom. The summed E-state index contributed by atoms with van der Waals surface area (Å²) in [5.74, 6) is 2.26. The van der Waals surface area contributed by atoms with E-state index in [1.54, 1.807) is 7.11 Å². The summed E-state index contributed by atoms with van der Waals surface area (Å²) in [5, 5.41) is 7.96. The minimum absolute atomic E-state index is 0.120. The van der Waals surface area contributed by atoms with Crippen LogP contribution in [0.5, 0.6) is 0 Å². The van der Waals surface area contributed by atoms with Crippen molar-refractivity contribution < 1.29 is 9.53 Å². The van der Waals surface area contributed by atoms with E-state index in [1.165, 1.54) is 43.9 Å². The molecule has 27 heavy (non-hydrogen) atoms. The Morgan fingerprint density at radius 3 is 2.89 bits per heavy atom. The van der Waals surface area contributed by atoms with Gasteiger partial charge in [0.25, 0.3) is 0 Å². The van der Waals surface area contributed by atoms with Gasteiger partial charge in [-0.3, -0.25) is 9.89 Å². The highest BCUT2D eigenvalue weighted by molar-refractivity contribution is 7.99. The summed E-state index contributed by atoms with van der Waals surface area (Å²) < 4.78 is 7.29. The van der Waals surface area contributed by atoms with Crippen molar-refractivity contribution in [3.8, 4) is 0 Å². The molecule has 0 unspecified atom stereocenters. The highest BCUT2D eigenvalue weighted by Gasteiger charge is 2.18. The number of nitrogens with zero attached hydrogens (tertiary/aromatic N) is 3. The number of H-pyrrole nitrogens is 1. The number of Topliss-reactive ketones (excluding diaryl/α,β-unsaturated/α-hetero) is 1. The number of hydrogen-bond donors (Lipinski definition) is 1. The van der Waals surface area contributed by atoms with Gasteiger partial charge in [-0.2, -0.15) is 0 Å². The molecule has 0 bridgehead atoms. The minimum atomic E-state index is 0.120. The molecule has 1 saturated carbocycles. The molecule has 1 aliphatic carbocycles. The molecule has 0 spiro atoms. The first-order chi connectivity index (χ1) is 13.1. The van der Waals surface area contributed by atoms with Crippen molar-refractivity contribution in [2.24, 2.45) is 5.92 Å². The zero-order chi connectivity index (χ0) is 19.2. The fraction of sp³-hybridized carbons (Fsp3) is 0.650. The largest absolute Gasteiger partial charge is 0.383 e. The molecule has 0 saturated heterocycles. The second-order valence-corrected chi connectivity index (χ2v) is 8.34. The van der Waals surface area contributed by atoms with Gasteiger partial charge >= 0.3 is 0 Å². The van der Waals surface area contributed by atoms with E-state index >= 15 is 0 Å². The van der Waals surface area contributed by atoms with Crippen LogP contribution in [0.1, 0.15) is 59.7 Å². The van der Waals surface area contributed by atoms with Gasteiger partial charge in [-0.1, -0.05) is 37.4 Å². The Hall–Kier alpha value is -1.60. The number of carbonyl (C=O) groups is 1. The number of thioether (sulfide) groups is 1. The first-order valence-corrected chi connectivity index (χ1v) is 10.8. The van der Waals surface area contributed by atoms with Crippen LogP contribution in [0, 0.1) is 19.8 Å². The van der Waals surface area contributed by atoms with E-state index in [9.17, 15) is 4.79 Å². The molecule has 0 aliphatic heterocycles. The van der Waals surface area contributed by atoms with Crippen LogP contribution in [0.4, 0.5) is 0 Å². The Balaban J connectivity index is 1.52. The maximum Gasteiger partial charge on any atom is 0.208 e. The summed E-state index contributed by atoms with van der Waals surface area (Å²) in [5.41, 5.74) is 2.88. The summed E-state index contributed by atoms with van der Waals surface area (Å²) in [7, 11) is 1.69. The van der Waals surface area contributed by atoms with E-state index in [2.05, 4.69) is 19.7 Å². The van der Waals surface area contributed by atoms with Gasteiger partial charge in [-0.15, -0.1) is 5.10 Å². The van der Waals surface area contributed by atoms with E-state index in [1.807, 2.05) is 19.9 Å². The van der Waals surface area contributed by atoms with E-state index < -0.39 is 0 Å². The molecule has 6 nitrogen and oxygen atoms in total. The van der Waals surface area contributed by atoms with Crippen LogP contribution in [0.25, 0.3) is 0 Å². The lowest BCUT2D eigenvalue weighted by molar-refractivity contribution is 0.102. The predicted octanol–water partition coefficient (Wildman–Crippen LogP) is 3.97. The molecule has 2 aromatic heterocycles. The van der Waals surface area contributed by atoms with E-state index in [4.69, 9.17) is 4.74 Å². The fourth-order valence-corrected chi connectivity index (χ4v) is 4.61. The standard InChI is InChI=1S/C20H30N4O2S/c1-14-12-17(15(2)24(14)10-11-26-3)18(25)13-27-20-21-19(22-23-20)9-8-16-6-4-5-7-16/h12,16H,4-11,13H2,1-3H3,(H,21,22,23). The number of carbonyl (C=O) groups excluding carboxylic acids is 1. The second kappa shape index (κ2) is 9.55. The highest BCUT2D eigenvalue weighted by Crippen LogP contribution is 2.28. The number of aromatic amines is 1. The molecule has 2 heterocycles. The topological polar surface area (TPSA) is 72.8 Å². The Bertz CT molecular complexity index is 762. The van der Waals surface area contributed by atoms with Crippen molar-refractivity contribution in [1.82, 2.24) is 19.7 Å². The number of hydrogen-bond acceptors (Lipinski definition) is 5. The number of methoxy groups -OCH3 is 1. The van der Waals surface area contributed by atoms with Gasteiger partial charge in [0.2, 0.25) is 5.16 Å². The summed E-state index contributed by atoms with van der Waals surface area (Å²) in [6.45, 7) is 5.42. The first-order valence-electron chi connectivity index (χ1n) is 9.81. The summed E-state index contributed by atoms with van der Waals surface area (Å²) in [6.07, 6.45) is 7.59. The van der Waals surface area contributed by atoms with Gasteiger partial charge < -0.3 is 9.30 Å². The van der Waals surface area contributed by atoms with E-state index in [-0.39, 0.29) is 5.78 Å². The zero-order valence-corrected chi connectivity index (χ0v) is 17.4. The van der Waals surface area contributed by atoms with E-state index in [0.717, 1.165) is 41.7 Å². The fourth-order valence-electron chi connectivity index (χ4n) is 3.91. The van der Waals surface area contributed by atoms with Crippen molar-refractivity contribution in [1.29, 1.82) is 0 Å². The maximum atomic E-state index is 12.7. The number of ketones is 1. The molecule has 0 atom stereocenters. The molecule has 148 valence electrons. The summed E-state index contributed by atoms with van der Waals surface area (Å²) >= 11 is 1.41. The van der Waals surface area contributed by atoms with Crippen LogP contribution in [0.3, 0.4) is 0 Å². The quantitative estimate of drug-likeness (QED) is 0.491. The van der Waals surface area contributed by atoms with Crippen molar-refractivity contribution in [3.63, 3.8) is 0 Å². The third-order valence-electron chi connectivity index (χ3n) is 5.50. The Morgan fingerprint density at radius 2 is 2.15 bits per heavy atom. The van der Waals surface area contributed by atoms with Crippen LogP contribution in [0.2, 0.25) is 0 Å². The van der Waals surface area contributed by atoms with Crippen LogP contribution < -0.4 is 0 Å². The van der Waals surface area contributed by atoms with Crippen molar-refractivity contribution in [3.05, 3.63) is 28.8 Å². The molecule has 0 amide bonds. The maximum absolute atomic E-state index is 12.7. The summed E-state index contributed by atoms with van der Waals surface area (Å²) in [4.78, 5) is 17.2. The lowest BCUT2D eigenvalue weighted by Gasteiger charge is -2.08. The molecule has 0 aromatic carbocycles.